The Kier molecular flexibility index (Phi) is 4.47. The minimum absolute atomic E-state index is 0.108. The van der Waals surface area contributed by atoms with E-state index >= 15 is 0 Å². The Morgan fingerprint density at radius 2 is 1.88 bits per heavy atom. The molecule has 128 valence electrons. The second-order valence-electron chi connectivity index (χ2n) is 5.80. The Morgan fingerprint density at radius 3 is 2.56 bits per heavy atom. The van der Waals surface area contributed by atoms with E-state index in [4.69, 9.17) is 4.52 Å². The maximum atomic E-state index is 11.1. The quantitative estimate of drug-likeness (QED) is 0.520. The first-order valence-corrected chi connectivity index (χ1v) is 7.84. The summed E-state index contributed by atoms with van der Waals surface area (Å²) in [5.41, 5.74) is 4.06. The van der Waals surface area contributed by atoms with Gasteiger partial charge in [-0.3, -0.25) is 14.8 Å². The average molecular weight is 338 g/mol. The SMILES string of the molecule is Cc1nn(Cc2ccccc2)c(C)c1C=Cc1onc(C)c1[N+](=O)[O-]. The van der Waals surface area contributed by atoms with E-state index in [0.29, 0.717) is 6.54 Å². The lowest BCUT2D eigenvalue weighted by Crippen LogP contribution is -2.03. The number of nitrogens with zero attached hydrogens (tertiary/aromatic N) is 4. The number of benzene rings is 1. The predicted octanol–water partition coefficient (Wildman–Crippen LogP) is 3.92. The molecule has 0 unspecified atom stereocenters. The fraction of sp³-hybridized carbons (Fsp3) is 0.222. The van der Waals surface area contributed by atoms with E-state index in [1.165, 1.54) is 0 Å². The van der Waals surface area contributed by atoms with Gasteiger partial charge in [0.15, 0.2) is 5.69 Å². The van der Waals surface area contributed by atoms with Crippen molar-refractivity contribution in [3.63, 3.8) is 0 Å². The lowest BCUT2D eigenvalue weighted by Gasteiger charge is -2.04. The Bertz CT molecular complexity index is 939. The first kappa shape index (κ1) is 16.6. The highest BCUT2D eigenvalue weighted by molar-refractivity contribution is 5.73. The summed E-state index contributed by atoms with van der Waals surface area (Å²) in [4.78, 5) is 10.6. The van der Waals surface area contributed by atoms with Crippen LogP contribution in [0.15, 0.2) is 34.9 Å². The van der Waals surface area contributed by atoms with Crippen LogP contribution in [0.2, 0.25) is 0 Å². The molecule has 0 radical (unpaired) electrons. The van der Waals surface area contributed by atoms with E-state index in [1.54, 1.807) is 19.1 Å². The normalized spacial score (nSPS) is 11.3. The van der Waals surface area contributed by atoms with Crippen LogP contribution in [0.4, 0.5) is 5.69 Å². The molecule has 0 spiro atoms. The van der Waals surface area contributed by atoms with Gasteiger partial charge in [0.05, 0.1) is 17.2 Å². The van der Waals surface area contributed by atoms with Gasteiger partial charge in [-0.25, -0.2) is 0 Å². The zero-order valence-electron chi connectivity index (χ0n) is 14.3. The molecule has 3 rings (SSSR count). The monoisotopic (exact) mass is 338 g/mol. The maximum Gasteiger partial charge on any atom is 0.338 e. The maximum absolute atomic E-state index is 11.1. The minimum Gasteiger partial charge on any atom is -0.349 e. The van der Waals surface area contributed by atoms with Crippen molar-refractivity contribution in [3.8, 4) is 0 Å². The summed E-state index contributed by atoms with van der Waals surface area (Å²) in [6.45, 7) is 6.10. The summed E-state index contributed by atoms with van der Waals surface area (Å²) in [6, 6.07) is 10.1. The average Bonchev–Trinajstić information content (AvgIpc) is 3.07. The Balaban J connectivity index is 1.90. The standard InChI is InChI=1S/C18H18N4O3/c1-12-16(9-10-17-18(22(23)24)13(2)20-25-17)14(3)21(19-12)11-15-7-5-4-6-8-15/h4-10H,11H2,1-3H3. The fourth-order valence-electron chi connectivity index (χ4n) is 2.74. The van der Waals surface area contributed by atoms with E-state index < -0.39 is 4.92 Å². The Labute approximate surface area is 144 Å². The lowest BCUT2D eigenvalue weighted by molar-refractivity contribution is -0.386. The molecule has 0 aliphatic rings. The predicted molar refractivity (Wildman–Crippen MR) is 94.1 cm³/mol. The van der Waals surface area contributed by atoms with Crippen LogP contribution in [0.3, 0.4) is 0 Å². The number of nitro groups is 1. The van der Waals surface area contributed by atoms with Gasteiger partial charge in [0, 0.05) is 11.3 Å². The molecule has 0 saturated heterocycles. The molecular weight excluding hydrogens is 320 g/mol. The lowest BCUT2D eigenvalue weighted by atomic mass is 10.1. The zero-order chi connectivity index (χ0) is 18.0. The molecule has 0 aliphatic carbocycles. The molecule has 2 heterocycles. The first-order chi connectivity index (χ1) is 12.0. The van der Waals surface area contributed by atoms with Gasteiger partial charge in [-0.2, -0.15) is 5.10 Å². The number of rotatable bonds is 5. The van der Waals surface area contributed by atoms with Gasteiger partial charge in [-0.1, -0.05) is 35.5 Å². The van der Waals surface area contributed by atoms with Gasteiger partial charge in [-0.05, 0) is 38.5 Å². The fourth-order valence-corrected chi connectivity index (χ4v) is 2.74. The summed E-state index contributed by atoms with van der Waals surface area (Å²) < 4.78 is 6.98. The smallest absolute Gasteiger partial charge is 0.338 e. The van der Waals surface area contributed by atoms with Crippen molar-refractivity contribution in [2.24, 2.45) is 0 Å². The van der Waals surface area contributed by atoms with Crippen LogP contribution in [0, 0.1) is 30.9 Å². The van der Waals surface area contributed by atoms with E-state index in [-0.39, 0.29) is 17.1 Å². The van der Waals surface area contributed by atoms with Crippen LogP contribution in [-0.2, 0) is 6.54 Å². The molecule has 0 aliphatic heterocycles. The highest BCUT2D eigenvalue weighted by atomic mass is 16.6. The summed E-state index contributed by atoms with van der Waals surface area (Å²) >= 11 is 0. The largest absolute Gasteiger partial charge is 0.349 e. The molecule has 7 heteroatoms. The Hall–Kier alpha value is -3.22. The molecular formula is C18H18N4O3. The van der Waals surface area contributed by atoms with Crippen molar-refractivity contribution in [3.05, 3.63) is 74.4 Å². The van der Waals surface area contributed by atoms with Crippen molar-refractivity contribution in [2.75, 3.05) is 0 Å². The minimum atomic E-state index is -0.482. The van der Waals surface area contributed by atoms with Crippen LogP contribution in [0.1, 0.15) is 34.0 Å². The molecule has 1 aromatic carbocycles. The second-order valence-corrected chi connectivity index (χ2v) is 5.80. The number of hydrogen-bond donors (Lipinski definition) is 0. The third-order valence-corrected chi connectivity index (χ3v) is 4.05. The first-order valence-electron chi connectivity index (χ1n) is 7.84. The van der Waals surface area contributed by atoms with Crippen LogP contribution in [0.25, 0.3) is 12.2 Å². The van der Waals surface area contributed by atoms with Crippen molar-refractivity contribution in [1.82, 2.24) is 14.9 Å². The van der Waals surface area contributed by atoms with E-state index in [0.717, 1.165) is 22.5 Å². The summed E-state index contributed by atoms with van der Waals surface area (Å²) in [5.74, 6) is 0.136. The van der Waals surface area contributed by atoms with Crippen LogP contribution in [0.5, 0.6) is 0 Å². The molecule has 0 N–H and O–H groups in total. The van der Waals surface area contributed by atoms with E-state index in [2.05, 4.69) is 10.3 Å². The molecule has 7 nitrogen and oxygen atoms in total. The van der Waals surface area contributed by atoms with Gasteiger partial charge in [-0.15, -0.1) is 0 Å². The molecule has 25 heavy (non-hydrogen) atoms. The highest BCUT2D eigenvalue weighted by Crippen LogP contribution is 2.25. The molecule has 0 saturated carbocycles. The van der Waals surface area contributed by atoms with Crippen molar-refractivity contribution >= 4 is 17.8 Å². The van der Waals surface area contributed by atoms with Crippen LogP contribution < -0.4 is 0 Å². The van der Waals surface area contributed by atoms with Gasteiger partial charge in [0.1, 0.15) is 0 Å². The molecule has 3 aromatic rings. The third-order valence-electron chi connectivity index (χ3n) is 4.05. The van der Waals surface area contributed by atoms with Crippen molar-refractivity contribution in [1.29, 1.82) is 0 Å². The number of aromatic nitrogens is 3. The molecule has 2 aromatic heterocycles. The molecule has 0 bridgehead atoms. The molecule has 0 amide bonds. The summed E-state index contributed by atoms with van der Waals surface area (Å²) in [6.07, 6.45) is 3.36. The van der Waals surface area contributed by atoms with E-state index in [1.807, 2.05) is 48.9 Å². The Morgan fingerprint density at radius 1 is 1.16 bits per heavy atom. The third kappa shape index (κ3) is 3.35. The highest BCUT2D eigenvalue weighted by Gasteiger charge is 2.22. The molecule has 0 atom stereocenters. The van der Waals surface area contributed by atoms with Gasteiger partial charge in [0.25, 0.3) is 0 Å². The van der Waals surface area contributed by atoms with Crippen molar-refractivity contribution < 1.29 is 9.45 Å². The van der Waals surface area contributed by atoms with Gasteiger partial charge < -0.3 is 4.52 Å². The van der Waals surface area contributed by atoms with Gasteiger partial charge in [0.2, 0.25) is 5.76 Å². The van der Waals surface area contributed by atoms with E-state index in [9.17, 15) is 10.1 Å². The van der Waals surface area contributed by atoms with Crippen molar-refractivity contribution in [2.45, 2.75) is 27.3 Å². The zero-order valence-corrected chi connectivity index (χ0v) is 14.3. The van der Waals surface area contributed by atoms with Crippen LogP contribution in [-0.4, -0.2) is 19.9 Å². The summed E-state index contributed by atoms with van der Waals surface area (Å²) in [7, 11) is 0. The second kappa shape index (κ2) is 6.72. The summed E-state index contributed by atoms with van der Waals surface area (Å²) in [5, 5.41) is 19.3. The van der Waals surface area contributed by atoms with Crippen LogP contribution >= 0.6 is 0 Å². The van der Waals surface area contributed by atoms with Gasteiger partial charge >= 0.3 is 5.69 Å². The molecule has 0 fully saturated rings. The topological polar surface area (TPSA) is 87.0 Å². The number of hydrogen-bond acceptors (Lipinski definition) is 5. The number of aryl methyl sites for hydroxylation is 2.